The number of nitrogens with zero attached hydrogens (tertiary/aromatic N) is 1. The van der Waals surface area contributed by atoms with Gasteiger partial charge in [0.1, 0.15) is 0 Å². The van der Waals surface area contributed by atoms with Crippen LogP contribution >= 0.6 is 0 Å². The lowest BCUT2D eigenvalue weighted by Crippen LogP contribution is -2.43. The second kappa shape index (κ2) is 3.54. The lowest BCUT2D eigenvalue weighted by atomic mass is 9.69. The van der Waals surface area contributed by atoms with Crippen LogP contribution in [0.4, 0.5) is 0 Å². The molecule has 0 unspecified atom stereocenters. The van der Waals surface area contributed by atoms with Gasteiger partial charge >= 0.3 is 5.91 Å². The van der Waals surface area contributed by atoms with Crippen LogP contribution in [0.3, 0.4) is 0 Å². The Kier molecular flexibility index (Phi) is 2.42. The lowest BCUT2D eigenvalue weighted by molar-refractivity contribution is -0.123. The van der Waals surface area contributed by atoms with Crippen LogP contribution < -0.4 is 0 Å². The molecule has 3 rings (SSSR count). The van der Waals surface area contributed by atoms with E-state index in [1.165, 1.54) is 0 Å². The van der Waals surface area contributed by atoms with Crippen molar-refractivity contribution >= 4 is 15.9 Å². The molecule has 4 nitrogen and oxygen atoms in total. The molecule has 2 saturated carbocycles. The molecule has 0 aromatic carbocycles. The Morgan fingerprint density at radius 3 is 2.63 bits per heavy atom. The van der Waals surface area contributed by atoms with Crippen molar-refractivity contribution in [2.24, 2.45) is 16.7 Å². The third-order valence-electron chi connectivity index (χ3n) is 5.84. The molecule has 3 atom stereocenters. The van der Waals surface area contributed by atoms with Gasteiger partial charge in [0, 0.05) is 5.41 Å². The average molecular weight is 281 g/mol. The number of carbonyl (C=O) groups is 1. The van der Waals surface area contributed by atoms with Crippen molar-refractivity contribution in [2.75, 3.05) is 5.75 Å². The molecular formula is C14H19NO3S. The molecule has 2 bridgehead atoms. The predicted molar refractivity (Wildman–Crippen MR) is 71.4 cm³/mol. The third-order valence-corrected chi connectivity index (χ3v) is 7.74. The molecule has 1 spiro atoms. The van der Waals surface area contributed by atoms with E-state index in [1.807, 2.05) is 0 Å². The summed E-state index contributed by atoms with van der Waals surface area (Å²) in [5.41, 5.74) is -0.249. The highest BCUT2D eigenvalue weighted by Crippen LogP contribution is 2.69. The Balaban J connectivity index is 2.11. The summed E-state index contributed by atoms with van der Waals surface area (Å²) in [7, 11) is -3.50. The third kappa shape index (κ3) is 1.36. The number of sulfonamides is 1. The number of hydrogen-bond acceptors (Lipinski definition) is 3. The summed E-state index contributed by atoms with van der Waals surface area (Å²) < 4.78 is 25.9. The quantitative estimate of drug-likeness (QED) is 0.630. The maximum absolute atomic E-state index is 12.4. The highest BCUT2D eigenvalue weighted by atomic mass is 32.2. The molecule has 0 N–H and O–H groups in total. The summed E-state index contributed by atoms with van der Waals surface area (Å²) in [5, 5.41) is 0. The second-order valence-electron chi connectivity index (χ2n) is 6.60. The van der Waals surface area contributed by atoms with Gasteiger partial charge in [0.2, 0.25) is 10.0 Å². The number of hydrogen-bond donors (Lipinski definition) is 0. The zero-order chi connectivity index (χ0) is 14.1. The van der Waals surface area contributed by atoms with E-state index in [-0.39, 0.29) is 22.6 Å². The highest BCUT2D eigenvalue weighted by molar-refractivity contribution is 7.90. The first-order valence-electron chi connectivity index (χ1n) is 6.75. The molecule has 3 aliphatic rings. The van der Waals surface area contributed by atoms with Crippen molar-refractivity contribution in [3.63, 3.8) is 0 Å². The van der Waals surface area contributed by atoms with E-state index in [9.17, 15) is 13.2 Å². The highest BCUT2D eigenvalue weighted by Gasteiger charge is 2.72. The van der Waals surface area contributed by atoms with Crippen LogP contribution in [0.1, 0.15) is 40.0 Å². The Bertz CT molecular complexity index is 610. The van der Waals surface area contributed by atoms with Gasteiger partial charge in [-0.25, -0.2) is 12.7 Å². The molecule has 1 aliphatic heterocycles. The fourth-order valence-electron chi connectivity index (χ4n) is 4.72. The van der Waals surface area contributed by atoms with Gasteiger partial charge in [-0.15, -0.1) is 0 Å². The van der Waals surface area contributed by atoms with E-state index in [0.717, 1.165) is 23.6 Å². The van der Waals surface area contributed by atoms with E-state index >= 15 is 0 Å². The van der Waals surface area contributed by atoms with Gasteiger partial charge in [-0.1, -0.05) is 19.8 Å². The van der Waals surface area contributed by atoms with Crippen LogP contribution in [-0.4, -0.2) is 30.4 Å². The van der Waals surface area contributed by atoms with Crippen LogP contribution in [0.2, 0.25) is 0 Å². The van der Waals surface area contributed by atoms with E-state index in [0.29, 0.717) is 5.92 Å². The smallest absolute Gasteiger partial charge is 0.258 e. The number of fused-ring (bicyclic) bond motifs is 1. The SMILES string of the molecule is CC#CC(=O)N1[C@H]2C[C@@H]3CC[C@@]2(CS1(=O)=O)C3(C)C. The molecule has 3 fully saturated rings. The number of amides is 1. The van der Waals surface area contributed by atoms with Crippen molar-refractivity contribution in [2.45, 2.75) is 46.1 Å². The topological polar surface area (TPSA) is 54.5 Å². The molecule has 0 aromatic rings. The van der Waals surface area contributed by atoms with Crippen molar-refractivity contribution in [3.05, 3.63) is 0 Å². The minimum atomic E-state index is -3.50. The first-order chi connectivity index (χ1) is 8.76. The standard InChI is InChI=1S/C14H19NO3S/c1-4-5-12(16)15-11-8-10-6-7-14(11,13(10,2)3)9-19(15,17)18/h10-11H,6-9H2,1-3H3/t10-,11-,14-/m0/s1. The van der Waals surface area contributed by atoms with Gasteiger partial charge in [-0.3, -0.25) is 4.79 Å². The molecule has 19 heavy (non-hydrogen) atoms. The van der Waals surface area contributed by atoms with Crippen molar-refractivity contribution in [1.29, 1.82) is 0 Å². The van der Waals surface area contributed by atoms with Crippen LogP contribution in [-0.2, 0) is 14.8 Å². The van der Waals surface area contributed by atoms with Crippen molar-refractivity contribution in [3.8, 4) is 11.8 Å². The monoisotopic (exact) mass is 281 g/mol. The first kappa shape index (κ1) is 13.0. The summed E-state index contributed by atoms with van der Waals surface area (Å²) in [6, 6.07) is -0.167. The summed E-state index contributed by atoms with van der Waals surface area (Å²) >= 11 is 0. The Morgan fingerprint density at radius 1 is 1.37 bits per heavy atom. The minimum absolute atomic E-state index is 0.000585. The predicted octanol–water partition coefficient (Wildman–Crippen LogP) is 1.38. The van der Waals surface area contributed by atoms with E-state index in [1.54, 1.807) is 6.92 Å². The fourth-order valence-corrected chi connectivity index (χ4v) is 7.19. The van der Waals surface area contributed by atoms with Gasteiger partial charge in [0.25, 0.3) is 0 Å². The van der Waals surface area contributed by atoms with Crippen LogP contribution in [0.5, 0.6) is 0 Å². The molecule has 1 heterocycles. The molecule has 1 amide bonds. The van der Waals surface area contributed by atoms with Gasteiger partial charge in [-0.05, 0) is 43.4 Å². The zero-order valence-corrected chi connectivity index (χ0v) is 12.4. The summed E-state index contributed by atoms with van der Waals surface area (Å²) in [6.07, 6.45) is 2.81. The molecule has 0 aromatic heterocycles. The molecule has 5 heteroatoms. The maximum atomic E-state index is 12.4. The molecule has 104 valence electrons. The fraction of sp³-hybridized carbons (Fsp3) is 0.786. The minimum Gasteiger partial charge on any atom is -0.258 e. The van der Waals surface area contributed by atoms with Crippen LogP contribution in [0.15, 0.2) is 0 Å². The van der Waals surface area contributed by atoms with Crippen molar-refractivity contribution in [1.82, 2.24) is 4.31 Å². The van der Waals surface area contributed by atoms with E-state index < -0.39 is 15.9 Å². The second-order valence-corrected chi connectivity index (χ2v) is 8.44. The summed E-state index contributed by atoms with van der Waals surface area (Å²) in [4.78, 5) is 12.1. The van der Waals surface area contributed by atoms with Gasteiger partial charge in [-0.2, -0.15) is 0 Å². The first-order valence-corrected chi connectivity index (χ1v) is 8.36. The average Bonchev–Trinajstić information content (AvgIpc) is 2.75. The zero-order valence-electron chi connectivity index (χ0n) is 11.6. The number of carbonyl (C=O) groups excluding carboxylic acids is 1. The molecule has 2 aliphatic carbocycles. The largest absolute Gasteiger partial charge is 0.312 e. The van der Waals surface area contributed by atoms with E-state index in [4.69, 9.17) is 0 Å². The van der Waals surface area contributed by atoms with Crippen molar-refractivity contribution < 1.29 is 13.2 Å². The maximum Gasteiger partial charge on any atom is 0.312 e. The lowest BCUT2D eigenvalue weighted by Gasteiger charge is -2.36. The van der Waals surface area contributed by atoms with Crippen LogP contribution in [0.25, 0.3) is 0 Å². The van der Waals surface area contributed by atoms with Gasteiger partial charge in [0.15, 0.2) is 0 Å². The molecule has 0 radical (unpaired) electrons. The normalized spacial score (nSPS) is 40.7. The number of rotatable bonds is 0. The Morgan fingerprint density at radius 2 is 2.05 bits per heavy atom. The van der Waals surface area contributed by atoms with Gasteiger partial charge < -0.3 is 0 Å². The molecular weight excluding hydrogens is 262 g/mol. The Labute approximate surface area is 114 Å². The molecule has 1 saturated heterocycles. The summed E-state index contributed by atoms with van der Waals surface area (Å²) in [5.74, 6) is 5.01. The van der Waals surface area contributed by atoms with Gasteiger partial charge in [0.05, 0.1) is 11.8 Å². The van der Waals surface area contributed by atoms with E-state index in [2.05, 4.69) is 25.7 Å². The van der Waals surface area contributed by atoms with Crippen LogP contribution in [0, 0.1) is 28.6 Å². The summed E-state index contributed by atoms with van der Waals surface area (Å²) in [6.45, 7) is 5.89. The Hall–Kier alpha value is -1.02.